The van der Waals surface area contributed by atoms with Gasteiger partial charge in [0.25, 0.3) is 15.9 Å². The van der Waals surface area contributed by atoms with Gasteiger partial charge in [-0.3, -0.25) is 9.52 Å². The van der Waals surface area contributed by atoms with Crippen LogP contribution >= 0.6 is 23.4 Å². The van der Waals surface area contributed by atoms with Crippen LogP contribution in [-0.2, 0) is 15.8 Å². The summed E-state index contributed by atoms with van der Waals surface area (Å²) in [6.45, 7) is 1.74. The van der Waals surface area contributed by atoms with E-state index in [9.17, 15) is 13.2 Å². The van der Waals surface area contributed by atoms with E-state index in [0.29, 0.717) is 27.5 Å². The second-order valence-corrected chi connectivity index (χ2v) is 10.9. The summed E-state index contributed by atoms with van der Waals surface area (Å²) >= 11 is 7.68. The number of nitrogens with one attached hydrogen (secondary N) is 2. The van der Waals surface area contributed by atoms with Crippen molar-refractivity contribution >= 4 is 50.7 Å². The molecule has 0 spiro atoms. The molecule has 35 heavy (non-hydrogen) atoms. The minimum Gasteiger partial charge on any atom is -0.322 e. The quantitative estimate of drug-likeness (QED) is 0.244. The summed E-state index contributed by atoms with van der Waals surface area (Å²) in [5, 5.41) is 3.33. The molecule has 0 aliphatic heterocycles. The summed E-state index contributed by atoms with van der Waals surface area (Å²) in [5.74, 6) is 0.487. The number of benzene rings is 4. The van der Waals surface area contributed by atoms with Crippen molar-refractivity contribution in [1.82, 2.24) is 0 Å². The number of rotatable bonds is 8. The van der Waals surface area contributed by atoms with Crippen molar-refractivity contribution in [1.29, 1.82) is 0 Å². The molecule has 0 aromatic heterocycles. The number of carbonyl (C=O) groups excluding carboxylic acids is 1. The zero-order valence-electron chi connectivity index (χ0n) is 18.9. The fourth-order valence-corrected chi connectivity index (χ4v) is 5.66. The van der Waals surface area contributed by atoms with Crippen LogP contribution in [0.4, 0.5) is 11.4 Å². The largest absolute Gasteiger partial charge is 0.322 e. The maximum Gasteiger partial charge on any atom is 0.261 e. The number of amides is 1. The van der Waals surface area contributed by atoms with Crippen molar-refractivity contribution in [3.05, 3.63) is 119 Å². The second kappa shape index (κ2) is 11.0. The van der Waals surface area contributed by atoms with Gasteiger partial charge in [-0.05, 0) is 66.6 Å². The van der Waals surface area contributed by atoms with Crippen LogP contribution in [0.2, 0.25) is 5.02 Å². The molecule has 0 bridgehead atoms. The zero-order chi connectivity index (χ0) is 24.8. The molecule has 0 radical (unpaired) electrons. The third-order valence-electron chi connectivity index (χ3n) is 5.30. The van der Waals surface area contributed by atoms with Gasteiger partial charge >= 0.3 is 0 Å². The molecule has 2 N–H and O–H groups in total. The lowest BCUT2D eigenvalue weighted by atomic mass is 10.2. The first-order valence-corrected chi connectivity index (χ1v) is 13.6. The molecule has 0 saturated carbocycles. The SMILES string of the molecule is Cc1c(Cl)cccc1NS(=O)(=O)c1ccc(NC(=O)c2ccccc2SCc2ccccc2)cc1. The molecule has 178 valence electrons. The smallest absolute Gasteiger partial charge is 0.261 e. The first-order chi connectivity index (χ1) is 16.8. The van der Waals surface area contributed by atoms with Crippen molar-refractivity contribution in [2.75, 3.05) is 10.0 Å². The van der Waals surface area contributed by atoms with Crippen LogP contribution in [0, 0.1) is 6.92 Å². The fourth-order valence-electron chi connectivity index (χ4n) is 3.35. The van der Waals surface area contributed by atoms with Gasteiger partial charge in [-0.25, -0.2) is 8.42 Å². The molecule has 0 unspecified atom stereocenters. The van der Waals surface area contributed by atoms with Crippen molar-refractivity contribution < 1.29 is 13.2 Å². The first kappa shape index (κ1) is 24.9. The molecular weight excluding hydrogens is 500 g/mol. The van der Waals surface area contributed by atoms with Crippen molar-refractivity contribution in [2.45, 2.75) is 22.5 Å². The summed E-state index contributed by atoms with van der Waals surface area (Å²) in [6, 6.07) is 28.5. The van der Waals surface area contributed by atoms with Gasteiger partial charge in [-0.1, -0.05) is 60.1 Å². The van der Waals surface area contributed by atoms with Gasteiger partial charge < -0.3 is 5.32 Å². The first-order valence-electron chi connectivity index (χ1n) is 10.8. The molecule has 4 aromatic rings. The summed E-state index contributed by atoms with van der Waals surface area (Å²) < 4.78 is 28.2. The van der Waals surface area contributed by atoms with Gasteiger partial charge in [0.1, 0.15) is 0 Å². The minimum atomic E-state index is -3.82. The molecule has 0 fully saturated rings. The minimum absolute atomic E-state index is 0.0775. The van der Waals surface area contributed by atoms with E-state index in [2.05, 4.69) is 10.0 Å². The predicted molar refractivity (Wildman–Crippen MR) is 144 cm³/mol. The van der Waals surface area contributed by atoms with Crippen LogP contribution in [-0.4, -0.2) is 14.3 Å². The number of halogens is 1. The number of hydrogen-bond donors (Lipinski definition) is 2. The van der Waals surface area contributed by atoms with Gasteiger partial charge in [-0.15, -0.1) is 11.8 Å². The number of anilines is 2. The average Bonchev–Trinajstić information content (AvgIpc) is 2.86. The lowest BCUT2D eigenvalue weighted by Crippen LogP contribution is -2.15. The van der Waals surface area contributed by atoms with Crippen LogP contribution in [0.3, 0.4) is 0 Å². The maximum atomic E-state index is 13.0. The van der Waals surface area contributed by atoms with E-state index in [-0.39, 0.29) is 10.8 Å². The zero-order valence-corrected chi connectivity index (χ0v) is 21.3. The molecule has 0 atom stereocenters. The van der Waals surface area contributed by atoms with Crippen LogP contribution in [0.15, 0.2) is 107 Å². The highest BCUT2D eigenvalue weighted by atomic mass is 35.5. The average molecular weight is 523 g/mol. The molecule has 8 heteroatoms. The number of hydrogen-bond acceptors (Lipinski definition) is 4. The van der Waals surface area contributed by atoms with Crippen molar-refractivity contribution in [3.8, 4) is 0 Å². The highest BCUT2D eigenvalue weighted by Gasteiger charge is 2.17. The van der Waals surface area contributed by atoms with E-state index >= 15 is 0 Å². The lowest BCUT2D eigenvalue weighted by molar-refractivity contribution is 0.102. The Kier molecular flexibility index (Phi) is 7.80. The topological polar surface area (TPSA) is 75.3 Å². The normalized spacial score (nSPS) is 11.1. The Hall–Kier alpha value is -3.26. The Labute approximate surface area is 214 Å². The van der Waals surface area contributed by atoms with E-state index in [0.717, 1.165) is 10.6 Å². The summed E-state index contributed by atoms with van der Waals surface area (Å²) in [5.41, 5.74) is 3.29. The highest BCUT2D eigenvalue weighted by Crippen LogP contribution is 2.28. The number of thioether (sulfide) groups is 1. The Morgan fingerprint density at radius 3 is 2.29 bits per heavy atom. The van der Waals surface area contributed by atoms with E-state index < -0.39 is 10.0 Å². The monoisotopic (exact) mass is 522 g/mol. The van der Waals surface area contributed by atoms with Crippen LogP contribution in [0.5, 0.6) is 0 Å². The predicted octanol–water partition coefficient (Wildman–Crippen LogP) is 6.99. The molecule has 4 rings (SSSR count). The summed E-state index contributed by atoms with van der Waals surface area (Å²) in [4.78, 5) is 13.9. The molecular formula is C27H23ClN2O3S2. The number of carbonyl (C=O) groups is 1. The molecule has 0 heterocycles. The molecule has 4 aromatic carbocycles. The Bertz CT molecular complexity index is 1440. The van der Waals surface area contributed by atoms with Gasteiger partial charge in [0.05, 0.1) is 16.1 Å². The van der Waals surface area contributed by atoms with Gasteiger partial charge in [0.15, 0.2) is 0 Å². The van der Waals surface area contributed by atoms with Crippen molar-refractivity contribution in [2.24, 2.45) is 0 Å². The Morgan fingerprint density at radius 2 is 1.54 bits per heavy atom. The van der Waals surface area contributed by atoms with Gasteiger partial charge in [0.2, 0.25) is 0 Å². The van der Waals surface area contributed by atoms with Crippen molar-refractivity contribution in [3.63, 3.8) is 0 Å². The van der Waals surface area contributed by atoms with Crippen LogP contribution < -0.4 is 10.0 Å². The van der Waals surface area contributed by atoms with Crippen LogP contribution in [0.1, 0.15) is 21.5 Å². The number of sulfonamides is 1. The molecule has 5 nitrogen and oxygen atoms in total. The summed E-state index contributed by atoms with van der Waals surface area (Å²) in [7, 11) is -3.82. The van der Waals surface area contributed by atoms with E-state index in [1.54, 1.807) is 55.1 Å². The molecule has 0 aliphatic rings. The second-order valence-electron chi connectivity index (χ2n) is 7.77. The fraction of sp³-hybridized carbons (Fsp3) is 0.0741. The van der Waals surface area contributed by atoms with Gasteiger partial charge in [-0.2, -0.15) is 0 Å². The molecule has 0 aliphatic carbocycles. The van der Waals surface area contributed by atoms with E-state index in [1.807, 2.05) is 48.5 Å². The van der Waals surface area contributed by atoms with E-state index in [1.165, 1.54) is 17.7 Å². The molecule has 1 amide bonds. The third-order valence-corrected chi connectivity index (χ3v) is 8.24. The standard InChI is InChI=1S/C27H23ClN2O3S2/c1-19-24(28)11-7-12-25(19)30-35(32,33)22-16-14-21(15-17-22)29-27(31)23-10-5-6-13-26(23)34-18-20-8-3-2-4-9-20/h2-17,30H,18H2,1H3,(H,29,31). The third kappa shape index (κ3) is 6.25. The van der Waals surface area contributed by atoms with E-state index in [4.69, 9.17) is 11.6 Å². The Morgan fingerprint density at radius 1 is 0.857 bits per heavy atom. The summed E-state index contributed by atoms with van der Waals surface area (Å²) in [6.07, 6.45) is 0. The highest BCUT2D eigenvalue weighted by molar-refractivity contribution is 7.98. The maximum absolute atomic E-state index is 13.0. The Balaban J connectivity index is 1.45. The van der Waals surface area contributed by atoms with Crippen LogP contribution in [0.25, 0.3) is 0 Å². The lowest BCUT2D eigenvalue weighted by Gasteiger charge is -2.13. The molecule has 0 saturated heterocycles. The van der Waals surface area contributed by atoms with Gasteiger partial charge in [0, 0.05) is 21.4 Å².